The van der Waals surface area contributed by atoms with Crippen molar-refractivity contribution in [2.75, 3.05) is 36.9 Å². The number of thiazole rings is 1. The van der Waals surface area contributed by atoms with Crippen molar-refractivity contribution in [3.63, 3.8) is 0 Å². The van der Waals surface area contributed by atoms with Crippen LogP contribution in [0, 0.1) is 11.3 Å². The van der Waals surface area contributed by atoms with Gasteiger partial charge < -0.3 is 19.5 Å². The third-order valence-electron chi connectivity index (χ3n) is 12.9. The van der Waals surface area contributed by atoms with E-state index in [2.05, 4.69) is 157 Å². The molecule has 67 heavy (non-hydrogen) atoms. The summed E-state index contributed by atoms with van der Waals surface area (Å²) in [4.78, 5) is 19.4. The maximum atomic E-state index is 12.7. The van der Waals surface area contributed by atoms with Crippen molar-refractivity contribution in [2.45, 2.75) is 77.0 Å². The van der Waals surface area contributed by atoms with E-state index in [1.807, 2.05) is 30.4 Å². The van der Waals surface area contributed by atoms with Gasteiger partial charge in [0.2, 0.25) is 11.6 Å². The normalized spacial score (nSPS) is 16.1. The Morgan fingerprint density at radius 2 is 1.57 bits per heavy atom. The van der Waals surface area contributed by atoms with E-state index in [0.717, 1.165) is 47.4 Å². The highest BCUT2D eigenvalue weighted by Gasteiger charge is 2.45. The van der Waals surface area contributed by atoms with E-state index < -0.39 is 10.1 Å². The van der Waals surface area contributed by atoms with Gasteiger partial charge in [-0.2, -0.15) is 9.84 Å². The summed E-state index contributed by atoms with van der Waals surface area (Å²) in [5.74, 6) is 0.342. The zero-order chi connectivity index (χ0) is 47.2. The minimum absolute atomic E-state index is 0.0150. The van der Waals surface area contributed by atoms with Gasteiger partial charge in [-0.3, -0.25) is 4.79 Å². The van der Waals surface area contributed by atoms with Crippen LogP contribution < -0.4 is 15.0 Å². The molecule has 8 rings (SSSR count). The number of aromatic nitrogens is 1. The van der Waals surface area contributed by atoms with Gasteiger partial charge in [0.25, 0.3) is 0 Å². The minimum Gasteiger partial charge on any atom is -0.748 e. The Balaban J connectivity index is 0.908. The van der Waals surface area contributed by atoms with Crippen LogP contribution in [0.25, 0.3) is 31.8 Å². The molecule has 0 aliphatic carbocycles. The van der Waals surface area contributed by atoms with Gasteiger partial charge in [-0.15, -0.1) is 11.3 Å². The summed E-state index contributed by atoms with van der Waals surface area (Å²) >= 11 is 1.33. The number of unbranched alkanes of at least 4 members (excludes halogenated alkanes) is 3. The van der Waals surface area contributed by atoms with Gasteiger partial charge in [0.15, 0.2) is 10.7 Å². The van der Waals surface area contributed by atoms with E-state index in [1.54, 1.807) is 0 Å². The lowest BCUT2D eigenvalue weighted by Crippen LogP contribution is -2.28. The number of anilines is 1. The Kier molecular flexibility index (Phi) is 14.2. The van der Waals surface area contributed by atoms with Gasteiger partial charge >= 0.3 is 0 Å². The van der Waals surface area contributed by atoms with Crippen LogP contribution in [0.3, 0.4) is 0 Å². The van der Waals surface area contributed by atoms with Gasteiger partial charge in [-0.05, 0) is 96.6 Å². The van der Waals surface area contributed by atoms with Crippen LogP contribution in [-0.2, 0) is 25.7 Å². The summed E-state index contributed by atoms with van der Waals surface area (Å²) in [5, 5.41) is 17.4. The van der Waals surface area contributed by atoms with Crippen LogP contribution in [0.15, 0.2) is 139 Å². The SMILES string of the molecule is CC1(C)C(/C=C/C=C/C=C/C=C2/N(CCCCCC(=O)NCCOc3ccc4nc(C#N)sc4c3)c3ccc4ccccc4c3C2(C)C)=[N+](CCCCS(=O)(=O)[O-])c2ccc3ccccc3c21. The monoisotopic (exact) mass is 931 g/mol. The number of ether oxygens (including phenoxy) is 1. The van der Waals surface area contributed by atoms with Crippen molar-refractivity contribution in [2.24, 2.45) is 0 Å². The molecule has 3 heterocycles. The fraction of sp³-hybridized carbons (Fsp3) is 0.309. The van der Waals surface area contributed by atoms with Gasteiger partial charge in [-0.25, -0.2) is 13.4 Å². The minimum atomic E-state index is -4.26. The predicted molar refractivity (Wildman–Crippen MR) is 272 cm³/mol. The number of allylic oxidation sites excluding steroid dienone is 8. The summed E-state index contributed by atoms with van der Waals surface area (Å²) < 4.78 is 43.1. The average molecular weight is 932 g/mol. The molecular formula is C55H57N5O5S2. The van der Waals surface area contributed by atoms with E-state index in [1.165, 1.54) is 55.4 Å². The molecule has 1 amide bonds. The number of rotatable bonds is 19. The second-order valence-electron chi connectivity index (χ2n) is 18.2. The maximum absolute atomic E-state index is 12.7. The molecule has 0 spiro atoms. The molecule has 1 N–H and O–H groups in total. The van der Waals surface area contributed by atoms with Crippen LogP contribution in [-0.4, -0.2) is 66.1 Å². The molecule has 2 aliphatic rings. The summed E-state index contributed by atoms with van der Waals surface area (Å²) in [7, 11) is -4.26. The average Bonchev–Trinajstić information content (AvgIpc) is 3.90. The first-order chi connectivity index (χ1) is 32.3. The van der Waals surface area contributed by atoms with Gasteiger partial charge in [0.05, 0.1) is 32.3 Å². The number of nitrogens with one attached hydrogen (secondary N) is 1. The third-order valence-corrected chi connectivity index (χ3v) is 14.6. The van der Waals surface area contributed by atoms with Crippen molar-refractivity contribution >= 4 is 76.2 Å². The van der Waals surface area contributed by atoms with Gasteiger partial charge in [-0.1, -0.05) is 105 Å². The highest BCUT2D eigenvalue weighted by atomic mass is 32.2. The summed E-state index contributed by atoms with van der Waals surface area (Å²) in [6, 6.07) is 33.4. The first-order valence-corrected chi connectivity index (χ1v) is 25.5. The molecule has 0 unspecified atom stereocenters. The van der Waals surface area contributed by atoms with Gasteiger partial charge in [0.1, 0.15) is 25.0 Å². The van der Waals surface area contributed by atoms with E-state index in [9.17, 15) is 17.8 Å². The number of carbonyl (C=O) groups excluding carboxylic acids is 1. The van der Waals surface area contributed by atoms with Crippen LogP contribution in [0.1, 0.15) is 82.4 Å². The van der Waals surface area contributed by atoms with Crippen LogP contribution in [0.2, 0.25) is 0 Å². The number of fused-ring (bicyclic) bond motifs is 7. The molecule has 12 heteroatoms. The van der Waals surface area contributed by atoms with Crippen molar-refractivity contribution in [1.82, 2.24) is 10.3 Å². The molecule has 0 saturated carbocycles. The number of nitriles is 1. The largest absolute Gasteiger partial charge is 0.748 e. The number of hydrogen-bond acceptors (Lipinski definition) is 9. The standard InChI is InChI=1S/C55H57N5O5S2/c1-54(2)48(23-9-6-5-7-10-24-49-55(3,4)53-43-22-15-13-20-40(43)27-31-46(53)60(49)34-17-18-36-67(62,63)64)59(45-30-26-39-19-12-14-21-42(39)52(45)54)33-16-8-11-25-50(61)57-32-35-65-41-28-29-44-47(37-41)66-51(38-56)58-44/h5-7,9-10,12-15,19-24,26-31,37H,8,11,16-18,25,32-36H2,1-4H3,(H-,57,61,62,63,64). The van der Waals surface area contributed by atoms with E-state index in [0.29, 0.717) is 49.7 Å². The fourth-order valence-corrected chi connectivity index (χ4v) is 11.2. The number of nitrogens with zero attached hydrogens (tertiary/aromatic N) is 4. The van der Waals surface area contributed by atoms with Crippen LogP contribution >= 0.6 is 11.3 Å². The molecule has 5 aromatic carbocycles. The first kappa shape index (κ1) is 47.1. The Hall–Kier alpha value is -6.39. The fourth-order valence-electron chi connectivity index (χ4n) is 9.81. The Morgan fingerprint density at radius 1 is 0.851 bits per heavy atom. The summed E-state index contributed by atoms with van der Waals surface area (Å²) in [6.45, 7) is 11.3. The lowest BCUT2D eigenvalue weighted by Gasteiger charge is -2.27. The summed E-state index contributed by atoms with van der Waals surface area (Å²) in [5.41, 5.74) is 7.48. The molecule has 0 fully saturated rings. The van der Waals surface area contributed by atoms with Crippen molar-refractivity contribution in [3.05, 3.63) is 155 Å². The molecule has 0 atom stereocenters. The summed E-state index contributed by atoms with van der Waals surface area (Å²) in [6.07, 6.45) is 18.7. The lowest BCUT2D eigenvalue weighted by molar-refractivity contribution is -0.438. The van der Waals surface area contributed by atoms with Gasteiger partial charge in [0, 0.05) is 59.6 Å². The molecule has 0 saturated heterocycles. The van der Waals surface area contributed by atoms with Crippen LogP contribution in [0.5, 0.6) is 5.75 Å². The zero-order valence-corrected chi connectivity index (χ0v) is 40.3. The maximum Gasteiger partial charge on any atom is 0.220 e. The molecule has 10 nitrogen and oxygen atoms in total. The Labute approximate surface area is 398 Å². The molecule has 344 valence electrons. The molecule has 0 bridgehead atoms. The van der Waals surface area contributed by atoms with E-state index in [4.69, 9.17) is 10.00 Å². The first-order valence-electron chi connectivity index (χ1n) is 23.1. The molecule has 2 aliphatic heterocycles. The van der Waals surface area contributed by atoms with Crippen molar-refractivity contribution in [1.29, 1.82) is 5.26 Å². The molecule has 0 radical (unpaired) electrons. The zero-order valence-electron chi connectivity index (χ0n) is 38.6. The third kappa shape index (κ3) is 10.4. The number of carbonyl (C=O) groups is 1. The Morgan fingerprint density at radius 3 is 2.33 bits per heavy atom. The van der Waals surface area contributed by atoms with E-state index >= 15 is 0 Å². The predicted octanol–water partition coefficient (Wildman–Crippen LogP) is 11.3. The lowest BCUT2D eigenvalue weighted by atomic mass is 9.79. The molecule has 6 aromatic rings. The molecular weight excluding hydrogens is 875 g/mol. The smallest absolute Gasteiger partial charge is 0.220 e. The van der Waals surface area contributed by atoms with Crippen LogP contribution in [0.4, 0.5) is 11.4 Å². The number of hydrogen-bond donors (Lipinski definition) is 1. The van der Waals surface area contributed by atoms with Crippen molar-refractivity contribution < 1.29 is 27.1 Å². The second-order valence-corrected chi connectivity index (χ2v) is 20.8. The quantitative estimate of drug-likeness (QED) is 0.0367. The number of amides is 1. The van der Waals surface area contributed by atoms with Crippen molar-refractivity contribution in [3.8, 4) is 11.8 Å². The highest BCUT2D eigenvalue weighted by molar-refractivity contribution is 7.85. The highest BCUT2D eigenvalue weighted by Crippen LogP contribution is 2.51. The molecule has 1 aromatic heterocycles. The topological polar surface area (TPSA) is 138 Å². The second kappa shape index (κ2) is 20.2. The Bertz CT molecular complexity index is 3150. The van der Waals surface area contributed by atoms with E-state index in [-0.39, 0.29) is 22.5 Å². The number of benzene rings is 5.